The average Bonchev–Trinajstić information content (AvgIpc) is 2.59. The molecular formula is C22H28FNO. The molecule has 1 N–H and O–H groups in total. The second-order valence-electron chi connectivity index (χ2n) is 7.28. The van der Waals surface area contributed by atoms with Gasteiger partial charge < -0.3 is 5.32 Å². The Morgan fingerprint density at radius 3 is 2.40 bits per heavy atom. The third kappa shape index (κ3) is 4.68. The van der Waals surface area contributed by atoms with Gasteiger partial charge in [0.2, 0.25) is 0 Å². The molecule has 2 nitrogen and oxygen atoms in total. The van der Waals surface area contributed by atoms with Crippen molar-refractivity contribution in [3.63, 3.8) is 0 Å². The lowest BCUT2D eigenvalue weighted by atomic mass is 9.80. The fourth-order valence-corrected chi connectivity index (χ4v) is 2.92. The lowest BCUT2D eigenvalue weighted by Gasteiger charge is -2.34. The molecule has 1 aromatic carbocycles. The van der Waals surface area contributed by atoms with Gasteiger partial charge in [-0.3, -0.25) is 4.79 Å². The van der Waals surface area contributed by atoms with Crippen LogP contribution in [0.5, 0.6) is 0 Å². The second-order valence-corrected chi connectivity index (χ2v) is 7.28. The Balaban J connectivity index is 2.39. The summed E-state index contributed by atoms with van der Waals surface area (Å²) in [5, 5.41) is 3.46. The summed E-state index contributed by atoms with van der Waals surface area (Å²) in [6, 6.07) is 6.51. The van der Waals surface area contributed by atoms with Crippen LogP contribution >= 0.6 is 0 Å². The Bertz CT molecular complexity index is 723. The van der Waals surface area contributed by atoms with Crippen molar-refractivity contribution < 1.29 is 9.18 Å². The molecule has 134 valence electrons. The molecule has 0 aliphatic carbocycles. The number of nitrogens with one attached hydrogen (secondary N) is 1. The molecule has 0 atom stereocenters. The number of hydrogen-bond acceptors (Lipinski definition) is 2. The van der Waals surface area contributed by atoms with Crippen LogP contribution in [0.3, 0.4) is 0 Å². The first-order valence-electron chi connectivity index (χ1n) is 8.93. The molecule has 0 radical (unpaired) electrons. The van der Waals surface area contributed by atoms with Gasteiger partial charge in [0.1, 0.15) is 11.6 Å². The molecule has 3 heteroatoms. The summed E-state index contributed by atoms with van der Waals surface area (Å²) in [6.45, 7) is 12.6. The molecule has 0 spiro atoms. The standard InChI is InChI=1S/C22H28FNO/c1-6-20(25)14-18-13-17(12-16-8-10-19(23)11-9-16)15(3)24-21(18)22(4,5)7-2/h8-11,13,24H,3,6-7,12,14H2,1-2,4-5H3. The SMILES string of the molecule is C=C1NC(C(C)(C)CC)=C(CC(=O)CC)C=C1Cc1ccc(F)cc1. The zero-order chi connectivity index (χ0) is 18.6. The minimum Gasteiger partial charge on any atom is -0.358 e. The number of carbonyl (C=O) groups excluding carboxylic acids is 1. The van der Waals surface area contributed by atoms with Gasteiger partial charge in [-0.1, -0.05) is 52.5 Å². The van der Waals surface area contributed by atoms with Gasteiger partial charge in [0.05, 0.1) is 0 Å². The van der Waals surface area contributed by atoms with Crippen molar-refractivity contribution in [1.29, 1.82) is 0 Å². The molecule has 1 aromatic rings. The molecule has 0 saturated heterocycles. The predicted octanol–water partition coefficient (Wildman–Crippen LogP) is 5.47. The minimum absolute atomic E-state index is 0.0514. The Morgan fingerprint density at radius 1 is 1.20 bits per heavy atom. The number of carbonyl (C=O) groups is 1. The number of rotatable bonds is 7. The van der Waals surface area contributed by atoms with Crippen LogP contribution in [0, 0.1) is 11.2 Å². The molecule has 1 aliphatic heterocycles. The lowest BCUT2D eigenvalue weighted by Crippen LogP contribution is -2.31. The van der Waals surface area contributed by atoms with E-state index in [1.54, 1.807) is 12.1 Å². The summed E-state index contributed by atoms with van der Waals surface area (Å²) in [5.74, 6) is -0.00877. The number of dihydropyridines is 1. The number of halogens is 1. The fraction of sp³-hybridized carbons (Fsp3) is 0.409. The van der Waals surface area contributed by atoms with Crippen LogP contribution in [0.1, 0.15) is 52.5 Å². The molecule has 25 heavy (non-hydrogen) atoms. The number of ketones is 1. The third-order valence-electron chi connectivity index (χ3n) is 4.98. The van der Waals surface area contributed by atoms with Crippen LogP contribution < -0.4 is 5.32 Å². The molecular weight excluding hydrogens is 313 g/mol. The van der Waals surface area contributed by atoms with Gasteiger partial charge in [-0.15, -0.1) is 0 Å². The minimum atomic E-state index is -0.237. The molecule has 0 aromatic heterocycles. The lowest BCUT2D eigenvalue weighted by molar-refractivity contribution is -0.118. The first-order valence-corrected chi connectivity index (χ1v) is 8.93. The van der Waals surface area contributed by atoms with Crippen molar-refractivity contribution in [2.45, 2.75) is 53.4 Å². The van der Waals surface area contributed by atoms with E-state index >= 15 is 0 Å². The molecule has 2 rings (SSSR count). The Kier molecular flexibility index (Phi) is 5.99. The number of benzene rings is 1. The molecule has 0 bridgehead atoms. The van der Waals surface area contributed by atoms with Crippen molar-refractivity contribution in [3.05, 3.63) is 70.8 Å². The van der Waals surface area contributed by atoms with Crippen molar-refractivity contribution in [1.82, 2.24) is 5.32 Å². The zero-order valence-electron chi connectivity index (χ0n) is 15.7. The van der Waals surface area contributed by atoms with E-state index in [2.05, 4.69) is 38.7 Å². The third-order valence-corrected chi connectivity index (χ3v) is 4.98. The molecule has 1 aliphatic rings. The van der Waals surface area contributed by atoms with E-state index in [9.17, 15) is 9.18 Å². The maximum atomic E-state index is 13.1. The molecule has 1 heterocycles. The van der Waals surface area contributed by atoms with E-state index in [1.165, 1.54) is 12.1 Å². The highest BCUT2D eigenvalue weighted by Crippen LogP contribution is 2.36. The molecule has 0 unspecified atom stereocenters. The Labute approximate surface area is 150 Å². The summed E-state index contributed by atoms with van der Waals surface area (Å²) in [4.78, 5) is 12.1. The van der Waals surface area contributed by atoms with Gasteiger partial charge in [0, 0.05) is 29.7 Å². The maximum Gasteiger partial charge on any atom is 0.137 e. The molecule has 0 fully saturated rings. The van der Waals surface area contributed by atoms with Crippen LogP contribution in [-0.2, 0) is 11.2 Å². The van der Waals surface area contributed by atoms with E-state index in [1.807, 2.05) is 6.92 Å². The fourth-order valence-electron chi connectivity index (χ4n) is 2.92. The first kappa shape index (κ1) is 19.2. The number of hydrogen-bond donors (Lipinski definition) is 1. The van der Waals surface area contributed by atoms with Gasteiger partial charge in [0.15, 0.2) is 0 Å². The van der Waals surface area contributed by atoms with Crippen molar-refractivity contribution >= 4 is 5.78 Å². The van der Waals surface area contributed by atoms with E-state index < -0.39 is 0 Å². The highest BCUT2D eigenvalue weighted by molar-refractivity contribution is 5.81. The summed E-state index contributed by atoms with van der Waals surface area (Å²) in [7, 11) is 0. The average molecular weight is 341 g/mol. The van der Waals surface area contributed by atoms with Gasteiger partial charge >= 0.3 is 0 Å². The Morgan fingerprint density at radius 2 is 1.84 bits per heavy atom. The van der Waals surface area contributed by atoms with Crippen LogP contribution in [-0.4, -0.2) is 5.78 Å². The zero-order valence-corrected chi connectivity index (χ0v) is 15.7. The normalized spacial score (nSPS) is 15.1. The van der Waals surface area contributed by atoms with Gasteiger partial charge in [-0.2, -0.15) is 0 Å². The summed E-state index contributed by atoms with van der Waals surface area (Å²) in [6.07, 6.45) is 4.69. The van der Waals surface area contributed by atoms with Crippen LogP contribution in [0.4, 0.5) is 4.39 Å². The van der Waals surface area contributed by atoms with Crippen molar-refractivity contribution in [3.8, 4) is 0 Å². The van der Waals surface area contributed by atoms with E-state index in [0.717, 1.165) is 34.5 Å². The molecule has 0 amide bonds. The second kappa shape index (κ2) is 7.81. The quantitative estimate of drug-likeness (QED) is 0.712. The summed E-state index contributed by atoms with van der Waals surface area (Å²) in [5.41, 5.74) is 5.00. The molecule has 0 saturated carbocycles. The summed E-state index contributed by atoms with van der Waals surface area (Å²) >= 11 is 0. The van der Waals surface area contributed by atoms with Crippen LogP contribution in [0.15, 0.2) is 59.5 Å². The van der Waals surface area contributed by atoms with Crippen molar-refractivity contribution in [2.24, 2.45) is 5.41 Å². The van der Waals surface area contributed by atoms with Gasteiger partial charge in [-0.25, -0.2) is 4.39 Å². The first-order chi connectivity index (χ1) is 11.8. The largest absolute Gasteiger partial charge is 0.358 e. The monoisotopic (exact) mass is 341 g/mol. The maximum absolute atomic E-state index is 13.1. The van der Waals surface area contributed by atoms with Gasteiger partial charge in [0.25, 0.3) is 0 Å². The van der Waals surface area contributed by atoms with Crippen LogP contribution in [0.25, 0.3) is 0 Å². The van der Waals surface area contributed by atoms with Crippen molar-refractivity contribution in [2.75, 3.05) is 0 Å². The van der Waals surface area contributed by atoms with Crippen LogP contribution in [0.2, 0.25) is 0 Å². The van der Waals surface area contributed by atoms with Gasteiger partial charge in [-0.05, 0) is 41.7 Å². The smallest absolute Gasteiger partial charge is 0.137 e. The topological polar surface area (TPSA) is 29.1 Å². The number of Topliss-reactive ketones (excluding diaryl/α,β-unsaturated/α-hetero) is 1. The highest BCUT2D eigenvalue weighted by atomic mass is 19.1. The predicted molar refractivity (Wildman–Crippen MR) is 101 cm³/mol. The van der Waals surface area contributed by atoms with E-state index in [-0.39, 0.29) is 17.0 Å². The van der Waals surface area contributed by atoms with E-state index in [4.69, 9.17) is 0 Å². The summed E-state index contributed by atoms with van der Waals surface area (Å²) < 4.78 is 13.1. The highest BCUT2D eigenvalue weighted by Gasteiger charge is 2.28. The van der Waals surface area contributed by atoms with E-state index in [0.29, 0.717) is 19.3 Å². The number of allylic oxidation sites excluding steroid dienone is 4. The Hall–Kier alpha value is -2.16.